The van der Waals surface area contributed by atoms with Crippen molar-refractivity contribution in [3.63, 3.8) is 0 Å². The van der Waals surface area contributed by atoms with Crippen LogP contribution in [-0.4, -0.2) is 22.3 Å². The fourth-order valence-electron chi connectivity index (χ4n) is 2.36. The summed E-state index contributed by atoms with van der Waals surface area (Å²) in [7, 11) is 0. The molecule has 1 aromatic heterocycles. The Kier molecular flexibility index (Phi) is 5.81. The predicted molar refractivity (Wildman–Crippen MR) is 103 cm³/mol. The summed E-state index contributed by atoms with van der Waals surface area (Å²) in [5.41, 5.74) is 1.94. The molecule has 0 saturated carbocycles. The van der Waals surface area contributed by atoms with E-state index >= 15 is 0 Å². The van der Waals surface area contributed by atoms with E-state index in [1.165, 1.54) is 0 Å². The normalized spacial score (nSPS) is 10.6. The fourth-order valence-corrected chi connectivity index (χ4v) is 2.74. The number of hydrogen-bond donors (Lipinski definition) is 1. The first kappa shape index (κ1) is 18.3. The number of nitrogens with zero attached hydrogens (tertiary/aromatic N) is 2. The van der Waals surface area contributed by atoms with Crippen LogP contribution >= 0.6 is 23.2 Å². The Morgan fingerprint density at radius 1 is 1.15 bits per heavy atom. The minimum absolute atomic E-state index is 0.0911. The van der Waals surface area contributed by atoms with Gasteiger partial charge in [-0.1, -0.05) is 53.0 Å². The summed E-state index contributed by atoms with van der Waals surface area (Å²) < 4.78 is 7.12. The van der Waals surface area contributed by atoms with Crippen LogP contribution in [0.15, 0.2) is 54.7 Å². The molecule has 1 amide bonds. The van der Waals surface area contributed by atoms with Gasteiger partial charge in [0.15, 0.2) is 6.61 Å². The van der Waals surface area contributed by atoms with E-state index in [-0.39, 0.29) is 12.5 Å². The Morgan fingerprint density at radius 2 is 1.92 bits per heavy atom. The second kappa shape index (κ2) is 8.25. The summed E-state index contributed by atoms with van der Waals surface area (Å²) in [5, 5.41) is 7.97. The average Bonchev–Trinajstić information content (AvgIpc) is 3.05. The van der Waals surface area contributed by atoms with E-state index in [0.717, 1.165) is 11.1 Å². The molecule has 0 bridgehead atoms. The van der Waals surface area contributed by atoms with Gasteiger partial charge < -0.3 is 10.1 Å². The molecule has 0 atom stereocenters. The summed E-state index contributed by atoms with van der Waals surface area (Å²) in [5.74, 6) is 0.924. The predicted octanol–water partition coefficient (Wildman–Crippen LogP) is 4.56. The van der Waals surface area contributed by atoms with Crippen LogP contribution in [-0.2, 0) is 11.3 Å². The number of halogens is 2. The molecular formula is C19H17Cl2N3O2. The van der Waals surface area contributed by atoms with Crippen molar-refractivity contribution in [2.45, 2.75) is 13.5 Å². The number of aryl methyl sites for hydroxylation is 1. The molecule has 3 aromatic rings. The first-order valence-electron chi connectivity index (χ1n) is 7.97. The quantitative estimate of drug-likeness (QED) is 0.671. The molecule has 2 aromatic carbocycles. The number of aromatic nitrogens is 2. The van der Waals surface area contributed by atoms with Crippen molar-refractivity contribution in [2.75, 3.05) is 11.9 Å². The molecule has 0 fully saturated rings. The zero-order valence-electron chi connectivity index (χ0n) is 14.1. The van der Waals surface area contributed by atoms with E-state index in [0.29, 0.717) is 28.2 Å². The van der Waals surface area contributed by atoms with Gasteiger partial charge in [0, 0.05) is 6.07 Å². The van der Waals surface area contributed by atoms with Gasteiger partial charge in [0.2, 0.25) is 0 Å². The molecule has 0 aliphatic rings. The van der Waals surface area contributed by atoms with Crippen molar-refractivity contribution in [1.29, 1.82) is 0 Å². The largest absolute Gasteiger partial charge is 0.484 e. The van der Waals surface area contributed by atoms with Crippen LogP contribution in [0.3, 0.4) is 0 Å². The number of hydrogen-bond acceptors (Lipinski definition) is 3. The number of amides is 1. The van der Waals surface area contributed by atoms with E-state index < -0.39 is 0 Å². The first-order valence-corrected chi connectivity index (χ1v) is 8.72. The van der Waals surface area contributed by atoms with Crippen LogP contribution in [0.1, 0.15) is 11.1 Å². The Hall–Kier alpha value is -2.50. The average molecular weight is 390 g/mol. The van der Waals surface area contributed by atoms with Crippen LogP contribution in [0, 0.1) is 6.92 Å². The summed E-state index contributed by atoms with van der Waals surface area (Å²) in [6.07, 6.45) is 1.61. The van der Waals surface area contributed by atoms with E-state index in [9.17, 15) is 4.79 Å². The lowest BCUT2D eigenvalue weighted by molar-refractivity contribution is -0.118. The molecule has 1 N–H and O–H groups in total. The maximum Gasteiger partial charge on any atom is 0.263 e. The number of carbonyl (C=O) groups excluding carboxylic acids is 1. The smallest absolute Gasteiger partial charge is 0.263 e. The molecule has 0 aliphatic carbocycles. The lowest BCUT2D eigenvalue weighted by Crippen LogP contribution is -2.22. The molecule has 0 aliphatic heterocycles. The van der Waals surface area contributed by atoms with Crippen LogP contribution in [0.25, 0.3) is 0 Å². The minimum Gasteiger partial charge on any atom is -0.484 e. The topological polar surface area (TPSA) is 56.1 Å². The van der Waals surface area contributed by atoms with Crippen molar-refractivity contribution < 1.29 is 9.53 Å². The molecule has 26 heavy (non-hydrogen) atoms. The number of anilines is 1. The van der Waals surface area contributed by atoms with Gasteiger partial charge in [-0.05, 0) is 30.7 Å². The molecule has 5 nitrogen and oxygen atoms in total. The third-order valence-corrected chi connectivity index (χ3v) is 4.58. The number of carbonyl (C=O) groups is 1. The number of rotatable bonds is 6. The maximum absolute atomic E-state index is 12.2. The lowest BCUT2D eigenvalue weighted by Gasteiger charge is -2.11. The number of benzene rings is 2. The van der Waals surface area contributed by atoms with Gasteiger partial charge >= 0.3 is 0 Å². The van der Waals surface area contributed by atoms with Gasteiger partial charge in [-0.2, -0.15) is 5.10 Å². The number of ether oxygens (including phenoxy) is 1. The second-order valence-corrected chi connectivity index (χ2v) is 6.52. The van der Waals surface area contributed by atoms with Gasteiger partial charge in [0.05, 0.1) is 22.8 Å². The second-order valence-electron chi connectivity index (χ2n) is 5.74. The highest BCUT2D eigenvalue weighted by atomic mass is 35.5. The van der Waals surface area contributed by atoms with Crippen molar-refractivity contribution in [1.82, 2.24) is 9.78 Å². The standard InChI is InChI=1S/C19H17Cl2N3O2/c1-13-5-7-15(8-6-13)26-12-18(25)23-17-9-10-22-24(17)11-14-3-2-4-16(20)19(14)21/h2-10H,11-12H2,1H3,(H,23,25). The monoisotopic (exact) mass is 389 g/mol. The van der Waals surface area contributed by atoms with E-state index in [1.54, 1.807) is 23.0 Å². The van der Waals surface area contributed by atoms with E-state index in [4.69, 9.17) is 27.9 Å². The van der Waals surface area contributed by atoms with Gasteiger partial charge in [-0.25, -0.2) is 4.68 Å². The van der Waals surface area contributed by atoms with Crippen LogP contribution in [0.4, 0.5) is 5.82 Å². The van der Waals surface area contributed by atoms with Crippen molar-refractivity contribution >= 4 is 34.9 Å². The maximum atomic E-state index is 12.2. The third-order valence-electron chi connectivity index (χ3n) is 3.73. The van der Waals surface area contributed by atoms with Gasteiger partial charge in [-0.15, -0.1) is 0 Å². The molecule has 0 saturated heterocycles. The molecule has 7 heteroatoms. The Morgan fingerprint density at radius 3 is 2.69 bits per heavy atom. The van der Waals surface area contributed by atoms with Gasteiger partial charge in [0.1, 0.15) is 11.6 Å². The zero-order valence-corrected chi connectivity index (χ0v) is 15.6. The molecule has 0 unspecified atom stereocenters. The lowest BCUT2D eigenvalue weighted by atomic mass is 10.2. The Bertz CT molecular complexity index is 907. The highest BCUT2D eigenvalue weighted by Crippen LogP contribution is 2.26. The van der Waals surface area contributed by atoms with Crippen LogP contribution < -0.4 is 10.1 Å². The molecule has 3 rings (SSSR count). The highest BCUT2D eigenvalue weighted by Gasteiger charge is 2.11. The Labute approximate surface area is 161 Å². The van der Waals surface area contributed by atoms with Crippen molar-refractivity contribution in [3.8, 4) is 5.75 Å². The van der Waals surface area contributed by atoms with Crippen LogP contribution in [0.2, 0.25) is 10.0 Å². The fraction of sp³-hybridized carbons (Fsp3) is 0.158. The summed E-state index contributed by atoms with van der Waals surface area (Å²) in [6.45, 7) is 2.29. The van der Waals surface area contributed by atoms with E-state index in [1.807, 2.05) is 43.3 Å². The molecule has 0 spiro atoms. The molecule has 0 radical (unpaired) electrons. The zero-order chi connectivity index (χ0) is 18.5. The van der Waals surface area contributed by atoms with Gasteiger partial charge in [0.25, 0.3) is 5.91 Å². The summed E-state index contributed by atoms with van der Waals surface area (Å²) in [6, 6.07) is 14.6. The van der Waals surface area contributed by atoms with E-state index in [2.05, 4.69) is 10.4 Å². The van der Waals surface area contributed by atoms with Crippen LogP contribution in [0.5, 0.6) is 5.75 Å². The summed E-state index contributed by atoms with van der Waals surface area (Å²) >= 11 is 12.3. The summed E-state index contributed by atoms with van der Waals surface area (Å²) in [4.78, 5) is 12.2. The molecule has 1 heterocycles. The molecular weight excluding hydrogens is 373 g/mol. The molecule has 134 valence electrons. The number of nitrogens with one attached hydrogen (secondary N) is 1. The minimum atomic E-state index is -0.274. The van der Waals surface area contributed by atoms with Crippen molar-refractivity contribution in [2.24, 2.45) is 0 Å². The first-order chi connectivity index (χ1) is 12.5. The van der Waals surface area contributed by atoms with Gasteiger partial charge in [-0.3, -0.25) is 4.79 Å². The third kappa shape index (κ3) is 4.56. The Balaban J connectivity index is 1.62. The van der Waals surface area contributed by atoms with Crippen molar-refractivity contribution in [3.05, 3.63) is 75.9 Å². The highest BCUT2D eigenvalue weighted by molar-refractivity contribution is 6.42. The SMILES string of the molecule is Cc1ccc(OCC(=O)Nc2ccnn2Cc2cccc(Cl)c2Cl)cc1.